The van der Waals surface area contributed by atoms with Crippen molar-refractivity contribution in [3.05, 3.63) is 187 Å². The van der Waals surface area contributed by atoms with Gasteiger partial charge in [-0.05, 0) is 254 Å². The van der Waals surface area contributed by atoms with Crippen molar-refractivity contribution in [1.29, 1.82) is 0 Å². The Kier molecular flexibility index (Phi) is 34.6. The second-order valence-corrected chi connectivity index (χ2v) is 40.6. The zero-order valence-corrected chi connectivity index (χ0v) is 82.1. The Morgan fingerprint density at radius 1 is 0.312 bits per heavy atom. The maximum absolute atomic E-state index is 12.9. The summed E-state index contributed by atoms with van der Waals surface area (Å²) in [5.74, 6) is 9.47. The van der Waals surface area contributed by atoms with Crippen LogP contribution in [0.1, 0.15) is 92.9 Å². The third-order valence-electron chi connectivity index (χ3n) is 27.6. The van der Waals surface area contributed by atoms with E-state index in [1.807, 2.05) is 71.2 Å². The number of halogens is 14. The summed E-state index contributed by atoms with van der Waals surface area (Å²) in [6, 6.07) is 35.5. The van der Waals surface area contributed by atoms with Crippen molar-refractivity contribution in [1.82, 2.24) is 98.8 Å². The van der Waals surface area contributed by atoms with E-state index in [1.54, 1.807) is 127 Å². The van der Waals surface area contributed by atoms with Gasteiger partial charge in [0.05, 0.1) is 22.3 Å². The molecule has 9 fully saturated rings. The molecule has 4 aromatic carbocycles. The minimum Gasteiger partial charge on any atom is -0.367 e. The van der Waals surface area contributed by atoms with Crippen LogP contribution in [-0.2, 0) is 52.9 Å². The fourth-order valence-corrected chi connectivity index (χ4v) is 24.0. The minimum atomic E-state index is -4.30. The van der Waals surface area contributed by atoms with Crippen LogP contribution >= 0.6 is 71.9 Å². The fourth-order valence-electron chi connectivity index (χ4n) is 20.6. The molecule has 7 aromatic heterocycles. The van der Waals surface area contributed by atoms with Crippen LogP contribution in [0.15, 0.2) is 185 Å². The molecule has 16 heterocycles. The van der Waals surface area contributed by atoms with E-state index in [9.17, 15) is 52.7 Å². The summed E-state index contributed by atoms with van der Waals surface area (Å²) >= 11 is 6.87. The molecule has 138 heavy (non-hydrogen) atoms. The highest BCUT2D eigenvalue weighted by Crippen LogP contribution is 2.44. The molecule has 0 saturated carbocycles. The largest absolute Gasteiger partial charge is 0.416 e. The van der Waals surface area contributed by atoms with Crippen molar-refractivity contribution < 1.29 is 52.7 Å². The molecule has 9 aliphatic heterocycles. The van der Waals surface area contributed by atoms with Crippen molar-refractivity contribution in [3.8, 4) is 34.3 Å². The lowest BCUT2D eigenvalue weighted by Crippen LogP contribution is -2.35. The summed E-state index contributed by atoms with van der Waals surface area (Å²) in [5, 5.41) is 46.3. The molecule has 0 amide bonds. The van der Waals surface area contributed by atoms with Crippen LogP contribution in [0, 0.1) is 23.7 Å². The van der Waals surface area contributed by atoms with E-state index in [-0.39, 0.29) is 24.8 Å². The first-order valence-corrected chi connectivity index (χ1v) is 50.6. The number of hydrogen-bond acceptors (Lipinski definition) is 25. The number of thioether (sulfide) groups is 4. The van der Waals surface area contributed by atoms with E-state index in [0.29, 0.717) is 59.4 Å². The van der Waals surface area contributed by atoms with Crippen LogP contribution in [0.5, 0.6) is 0 Å². The third-order valence-corrected chi connectivity index (χ3v) is 32.0. The molecule has 8 atom stereocenters. The first-order chi connectivity index (χ1) is 65.6. The van der Waals surface area contributed by atoms with Gasteiger partial charge >= 0.3 is 24.7 Å². The van der Waals surface area contributed by atoms with Gasteiger partial charge in [-0.25, -0.2) is 0 Å². The zero-order chi connectivity index (χ0) is 94.8. The Hall–Kier alpha value is -9.20. The molecule has 11 aromatic rings. The number of piperidine rings is 1. The van der Waals surface area contributed by atoms with Gasteiger partial charge in [-0.1, -0.05) is 47.0 Å². The van der Waals surface area contributed by atoms with Gasteiger partial charge < -0.3 is 57.8 Å². The molecule has 6 unspecified atom stereocenters. The fraction of sp³-hybridized carbons (Fsp3) is 0.516. The standard InChI is InChI=1S/2C24H27F3N6S.C24H33F3N6S.C23H26F3N7S.2ClH/c2*1-31-22(17-4-2-10-28-14-17)29-30-23(31)34-13-3-11-32-15-18-9-12-33(21(18)16-32)20-7-5-19(6-8-20)24(25,26)27;1-30-22(32-12-3-2-4-13-32)28-29-23(30)34-15-5-11-31-16-18-10-14-33(21(18)17-31)20-8-6-19(7-9-20)24(25,26)27;1-31-21(19-4-2-10-27-28-19)29-30-22(31)34-13-3-11-32-14-16-9-12-33(20(16)15-32)18-7-5-17(6-8-18)23(24,25)26;;/h2*2,4-8,10,14,18,21H,3,9,11-13,15-16H2,1H3;6-9,18,21H,2-5,10-17H2,1H3;2,4-8,10,16,20H,3,9,11-15H2,1H3;2*1H/t;;18-,21+;;;/m..1.../s1. The maximum atomic E-state index is 12.9. The monoisotopic (exact) mass is 2030 g/mol. The number of benzene rings is 4. The van der Waals surface area contributed by atoms with Crippen LogP contribution in [0.25, 0.3) is 34.3 Å². The van der Waals surface area contributed by atoms with Gasteiger partial charge in [-0.3, -0.25) is 14.5 Å². The van der Waals surface area contributed by atoms with Crippen LogP contribution in [0.3, 0.4) is 0 Å². The Balaban J connectivity index is 0.000000139. The maximum Gasteiger partial charge on any atom is 0.416 e. The summed E-state index contributed by atoms with van der Waals surface area (Å²) in [5.41, 5.74) is 3.83. The number of rotatable bonds is 28. The topological polar surface area (TPSA) is 204 Å². The molecule has 20 rings (SSSR count). The van der Waals surface area contributed by atoms with Gasteiger partial charge in [-0.2, -0.15) is 57.8 Å². The van der Waals surface area contributed by atoms with Crippen molar-refractivity contribution in [3.63, 3.8) is 0 Å². The number of nitrogens with zero attached hydrogens (tertiary/aromatic N) is 25. The average Bonchev–Trinajstić information content (AvgIpc) is 1.64. The van der Waals surface area contributed by atoms with Crippen molar-refractivity contribution in [2.24, 2.45) is 51.9 Å². The van der Waals surface area contributed by atoms with Gasteiger partial charge in [0.1, 0.15) is 5.69 Å². The molecule has 9 saturated heterocycles. The van der Waals surface area contributed by atoms with E-state index < -0.39 is 47.0 Å². The number of pyridine rings is 2. The highest BCUT2D eigenvalue weighted by Gasteiger charge is 2.47. The molecule has 0 spiro atoms. The molecule has 25 nitrogen and oxygen atoms in total. The number of anilines is 5. The number of hydrogen-bond donors (Lipinski definition) is 0. The quantitative estimate of drug-likeness (QED) is 0.0254. The summed E-state index contributed by atoms with van der Waals surface area (Å²) in [6.45, 7) is 18.0. The third kappa shape index (κ3) is 25.1. The van der Waals surface area contributed by atoms with Crippen molar-refractivity contribution >= 4 is 101 Å². The lowest BCUT2D eigenvalue weighted by atomic mass is 10.0. The number of likely N-dealkylation sites (tertiary alicyclic amines) is 4. The van der Waals surface area contributed by atoms with Crippen LogP contribution in [-0.4, -0.2) is 264 Å². The van der Waals surface area contributed by atoms with E-state index in [4.69, 9.17) is 0 Å². The predicted molar refractivity (Wildman–Crippen MR) is 522 cm³/mol. The van der Waals surface area contributed by atoms with Gasteiger partial charge in [-0.15, -0.1) is 70.7 Å². The van der Waals surface area contributed by atoms with E-state index >= 15 is 0 Å². The van der Waals surface area contributed by atoms with Gasteiger partial charge in [0, 0.05) is 232 Å². The molecule has 742 valence electrons. The molecule has 0 bridgehead atoms. The molecule has 9 aliphatic rings. The number of aromatic nitrogens is 16. The van der Waals surface area contributed by atoms with Crippen LogP contribution in [0.4, 0.5) is 81.4 Å². The predicted octanol–water partition coefficient (Wildman–Crippen LogP) is 18.5. The SMILES string of the molecule is Cl.Cl.Cn1c(SCCCN2CC3CCN(c4ccc(C(F)(F)F)cc4)C3C2)nnc1-c1cccnc1.Cn1c(SCCCN2CC3CCN(c4ccc(C(F)(F)F)cc4)C3C2)nnc1-c1cccnc1.Cn1c(SCCCN2CC3CCN(c4ccc(C(F)(F)F)cc4)C3C2)nnc1-c1cccnn1.Cn1c(SCCCN2C[C@H]3CCN(c4ccc(C(F)(F)F)cc4)[C@H]3C2)nnc1N1CCCCC1. The second kappa shape index (κ2) is 46.2. The van der Waals surface area contributed by atoms with Crippen molar-refractivity contribution in [2.45, 2.75) is 140 Å². The second-order valence-electron chi connectivity index (χ2n) is 36.3. The minimum absolute atomic E-state index is 0. The zero-order valence-electron chi connectivity index (χ0n) is 77.2. The Morgan fingerprint density at radius 2 is 0.609 bits per heavy atom. The Morgan fingerprint density at radius 3 is 0.906 bits per heavy atom. The number of alkyl halides is 12. The summed E-state index contributed by atoms with van der Waals surface area (Å²) in [6.07, 6.45) is 3.84. The smallest absolute Gasteiger partial charge is 0.367 e. The van der Waals surface area contributed by atoms with Gasteiger partial charge in [0.2, 0.25) is 5.95 Å². The summed E-state index contributed by atoms with van der Waals surface area (Å²) < 4.78 is 163. The van der Waals surface area contributed by atoms with E-state index in [1.165, 1.54) is 67.8 Å². The van der Waals surface area contributed by atoms with Crippen molar-refractivity contribution in [2.75, 3.05) is 165 Å². The normalized spacial score (nSPS) is 21.2. The number of fused-ring (bicyclic) bond motifs is 4. The highest BCUT2D eigenvalue weighted by molar-refractivity contribution is 7.99. The molecule has 0 radical (unpaired) electrons. The first-order valence-electron chi connectivity index (χ1n) is 46.7. The average molecular weight is 2030 g/mol. The molecular weight excluding hydrogens is 1920 g/mol. The lowest BCUT2D eigenvalue weighted by Gasteiger charge is -2.27. The molecule has 0 aliphatic carbocycles. The highest BCUT2D eigenvalue weighted by atomic mass is 35.5. The Bertz CT molecular complexity index is 5230. The summed E-state index contributed by atoms with van der Waals surface area (Å²) in [4.78, 5) is 29.8. The molecule has 0 N–H and O–H groups in total. The molecular formula is C95H115Cl2F12N25S4. The van der Waals surface area contributed by atoms with Crippen LogP contribution in [0.2, 0.25) is 0 Å². The Labute approximate surface area is 825 Å². The lowest BCUT2D eigenvalue weighted by molar-refractivity contribution is -0.138. The van der Waals surface area contributed by atoms with E-state index in [2.05, 4.69) is 117 Å². The first kappa shape index (κ1) is 103. The van der Waals surface area contributed by atoms with E-state index in [0.717, 1.165) is 264 Å². The van der Waals surface area contributed by atoms with Gasteiger partial charge in [0.15, 0.2) is 38.1 Å². The van der Waals surface area contributed by atoms with Crippen LogP contribution < -0.4 is 24.5 Å². The summed E-state index contributed by atoms with van der Waals surface area (Å²) in [7, 11) is 7.94. The molecule has 43 heteroatoms. The van der Waals surface area contributed by atoms with Gasteiger partial charge in [0.25, 0.3) is 0 Å².